The number of nitrogens with one attached hydrogen (secondary N) is 1. The zero-order valence-corrected chi connectivity index (χ0v) is 17.7. The van der Waals surface area contributed by atoms with Gasteiger partial charge in [-0.3, -0.25) is 9.59 Å². The van der Waals surface area contributed by atoms with Crippen LogP contribution in [-0.2, 0) is 4.79 Å². The smallest absolute Gasteiger partial charge is 0.254 e. The first-order chi connectivity index (χ1) is 15.9. The average Bonchev–Trinajstić information content (AvgIpc) is 2.83. The number of nitrogens with zero attached hydrogens (tertiary/aromatic N) is 2. The Morgan fingerprint density at radius 3 is 2.30 bits per heavy atom. The predicted molar refractivity (Wildman–Crippen MR) is 118 cm³/mol. The molecule has 0 fully saturated rings. The minimum atomic E-state index is -1.70. The van der Waals surface area contributed by atoms with Gasteiger partial charge in [-0.2, -0.15) is 5.26 Å². The first-order valence-corrected chi connectivity index (χ1v) is 10.2. The lowest BCUT2D eigenvalue weighted by molar-refractivity contribution is -0.116. The van der Waals surface area contributed by atoms with E-state index in [9.17, 15) is 28.0 Å². The van der Waals surface area contributed by atoms with E-state index in [1.54, 1.807) is 48.5 Å². The van der Waals surface area contributed by atoms with Gasteiger partial charge < -0.3 is 10.2 Å². The van der Waals surface area contributed by atoms with Gasteiger partial charge >= 0.3 is 0 Å². The van der Waals surface area contributed by atoms with E-state index in [0.29, 0.717) is 34.7 Å². The summed E-state index contributed by atoms with van der Waals surface area (Å²) in [5, 5.41) is 11.6. The number of anilines is 1. The molecule has 0 spiro atoms. The molecule has 8 heteroatoms. The Balaban J connectivity index is 1.88. The minimum absolute atomic E-state index is 0.223. The van der Waals surface area contributed by atoms with Crippen molar-refractivity contribution in [1.82, 2.24) is 4.90 Å². The van der Waals surface area contributed by atoms with Crippen LogP contribution < -0.4 is 5.32 Å². The van der Waals surface area contributed by atoms with E-state index in [1.165, 1.54) is 4.90 Å². The normalized spacial score (nSPS) is 10.4. The third kappa shape index (κ3) is 5.21. The second-order valence-electron chi connectivity index (χ2n) is 7.20. The molecule has 33 heavy (non-hydrogen) atoms. The summed E-state index contributed by atoms with van der Waals surface area (Å²) in [5.41, 5.74) is 1.28. The number of hydrogen-bond acceptors (Lipinski definition) is 3. The van der Waals surface area contributed by atoms with E-state index in [2.05, 4.69) is 11.4 Å². The maximum absolute atomic E-state index is 13.9. The average molecular weight is 451 g/mol. The highest BCUT2D eigenvalue weighted by Gasteiger charge is 2.23. The van der Waals surface area contributed by atoms with E-state index in [0.717, 1.165) is 6.07 Å². The molecule has 0 saturated heterocycles. The highest BCUT2D eigenvalue weighted by molar-refractivity contribution is 6.04. The molecule has 1 N–H and O–H groups in total. The molecule has 0 aromatic heterocycles. The minimum Gasteiger partial charge on any atom is -0.329 e. The van der Waals surface area contributed by atoms with Crippen LogP contribution in [0.1, 0.15) is 29.3 Å². The summed E-state index contributed by atoms with van der Waals surface area (Å²) in [6.07, 6.45) is 0.537. The van der Waals surface area contributed by atoms with E-state index in [-0.39, 0.29) is 6.54 Å². The molecule has 0 radical (unpaired) electrons. The molecule has 3 rings (SSSR count). The van der Waals surface area contributed by atoms with E-state index >= 15 is 0 Å². The summed E-state index contributed by atoms with van der Waals surface area (Å²) in [6.45, 7) is 1.62. The topological polar surface area (TPSA) is 73.2 Å². The molecule has 0 saturated carbocycles. The Kier molecular flexibility index (Phi) is 7.46. The second-order valence-corrected chi connectivity index (χ2v) is 7.20. The monoisotopic (exact) mass is 451 g/mol. The molecule has 3 aromatic rings. The molecule has 0 atom stereocenters. The summed E-state index contributed by atoms with van der Waals surface area (Å²) in [4.78, 5) is 27.1. The Bertz CT molecular complexity index is 1240. The first-order valence-electron chi connectivity index (χ1n) is 10.2. The third-order valence-corrected chi connectivity index (χ3v) is 4.92. The Morgan fingerprint density at radius 1 is 0.939 bits per heavy atom. The zero-order chi connectivity index (χ0) is 24.0. The fourth-order valence-corrected chi connectivity index (χ4v) is 3.40. The lowest BCUT2D eigenvalue weighted by Gasteiger charge is -2.23. The Morgan fingerprint density at radius 2 is 1.61 bits per heavy atom. The number of hydrogen-bond donors (Lipinski definition) is 1. The third-order valence-electron chi connectivity index (χ3n) is 4.92. The zero-order valence-electron chi connectivity index (χ0n) is 17.7. The van der Waals surface area contributed by atoms with E-state index in [1.807, 2.05) is 6.92 Å². The van der Waals surface area contributed by atoms with Gasteiger partial charge in [0.05, 0.1) is 17.3 Å². The van der Waals surface area contributed by atoms with Crippen molar-refractivity contribution in [2.24, 2.45) is 0 Å². The van der Waals surface area contributed by atoms with Crippen LogP contribution in [0.5, 0.6) is 0 Å². The standard InChI is InChI=1S/C25H20F3N3O2/c1-2-13-31(15-22(32)30-21-12-11-20(26)23(27)24(21)28)25(33)19-10-6-5-9-18(19)17-8-4-3-7-16(17)14-29/h3-12H,2,13,15H2,1H3,(H,30,32). The number of amides is 2. The molecule has 0 unspecified atom stereocenters. The highest BCUT2D eigenvalue weighted by atomic mass is 19.2. The fraction of sp³-hybridized carbons (Fsp3) is 0.160. The van der Waals surface area contributed by atoms with Crippen molar-refractivity contribution >= 4 is 17.5 Å². The summed E-state index contributed by atoms with van der Waals surface area (Å²) >= 11 is 0. The van der Waals surface area contributed by atoms with E-state index in [4.69, 9.17) is 0 Å². The van der Waals surface area contributed by atoms with Crippen molar-refractivity contribution in [3.8, 4) is 17.2 Å². The van der Waals surface area contributed by atoms with Crippen LogP contribution in [0.2, 0.25) is 0 Å². The predicted octanol–water partition coefficient (Wildman–Crippen LogP) is 5.13. The van der Waals surface area contributed by atoms with Crippen LogP contribution in [0.25, 0.3) is 11.1 Å². The van der Waals surface area contributed by atoms with Crippen LogP contribution in [0.4, 0.5) is 18.9 Å². The van der Waals surface area contributed by atoms with Crippen molar-refractivity contribution in [3.05, 3.63) is 89.2 Å². The maximum Gasteiger partial charge on any atom is 0.254 e. The van der Waals surface area contributed by atoms with Gasteiger partial charge in [-0.25, -0.2) is 13.2 Å². The number of carbonyl (C=O) groups is 2. The van der Waals surface area contributed by atoms with Gasteiger partial charge in [0.15, 0.2) is 17.5 Å². The summed E-state index contributed by atoms with van der Waals surface area (Å²) in [7, 11) is 0. The molecule has 2 amide bonds. The molecule has 168 valence electrons. The number of rotatable bonds is 7. The van der Waals surface area contributed by atoms with Gasteiger partial charge in [0.1, 0.15) is 6.54 Å². The molecular weight excluding hydrogens is 431 g/mol. The largest absolute Gasteiger partial charge is 0.329 e. The number of nitriles is 1. The summed E-state index contributed by atoms with van der Waals surface area (Å²) in [6, 6.07) is 17.3. The van der Waals surface area contributed by atoms with Crippen LogP contribution in [0, 0.1) is 28.8 Å². The van der Waals surface area contributed by atoms with Crippen molar-refractivity contribution in [1.29, 1.82) is 5.26 Å². The molecular formula is C25H20F3N3O2. The molecule has 3 aromatic carbocycles. The lowest BCUT2D eigenvalue weighted by atomic mass is 9.95. The lowest BCUT2D eigenvalue weighted by Crippen LogP contribution is -2.39. The fourth-order valence-electron chi connectivity index (χ4n) is 3.40. The number of halogens is 3. The van der Waals surface area contributed by atoms with Gasteiger partial charge in [0.2, 0.25) is 5.91 Å². The van der Waals surface area contributed by atoms with E-state index < -0.39 is 41.5 Å². The molecule has 0 aliphatic heterocycles. The highest BCUT2D eigenvalue weighted by Crippen LogP contribution is 2.28. The van der Waals surface area contributed by atoms with Crippen molar-refractivity contribution in [2.45, 2.75) is 13.3 Å². The summed E-state index contributed by atoms with van der Waals surface area (Å²) in [5.74, 6) is -5.81. The molecule has 0 aliphatic rings. The summed E-state index contributed by atoms with van der Waals surface area (Å²) < 4.78 is 40.5. The Hall–Kier alpha value is -4.12. The van der Waals surface area contributed by atoms with Crippen LogP contribution in [-0.4, -0.2) is 29.8 Å². The maximum atomic E-state index is 13.9. The van der Waals surface area contributed by atoms with Crippen LogP contribution >= 0.6 is 0 Å². The van der Waals surface area contributed by atoms with Crippen molar-refractivity contribution < 1.29 is 22.8 Å². The van der Waals surface area contributed by atoms with Gasteiger partial charge in [-0.15, -0.1) is 0 Å². The second kappa shape index (κ2) is 10.5. The number of benzene rings is 3. The van der Waals surface area contributed by atoms with Gasteiger partial charge in [-0.05, 0) is 36.2 Å². The van der Waals surface area contributed by atoms with Crippen LogP contribution in [0.15, 0.2) is 60.7 Å². The number of carbonyl (C=O) groups excluding carboxylic acids is 2. The van der Waals surface area contributed by atoms with Crippen LogP contribution in [0.3, 0.4) is 0 Å². The van der Waals surface area contributed by atoms with Gasteiger partial charge in [-0.1, -0.05) is 43.3 Å². The van der Waals surface area contributed by atoms with Crippen molar-refractivity contribution in [2.75, 3.05) is 18.4 Å². The Labute approximate surface area is 189 Å². The molecule has 0 heterocycles. The quantitative estimate of drug-likeness (QED) is 0.506. The van der Waals surface area contributed by atoms with Crippen molar-refractivity contribution in [3.63, 3.8) is 0 Å². The first kappa shape index (κ1) is 23.5. The van der Waals surface area contributed by atoms with Gasteiger partial charge in [0.25, 0.3) is 5.91 Å². The van der Waals surface area contributed by atoms with Gasteiger partial charge in [0, 0.05) is 17.7 Å². The molecule has 5 nitrogen and oxygen atoms in total. The molecule has 0 aliphatic carbocycles. The SMILES string of the molecule is CCCN(CC(=O)Nc1ccc(F)c(F)c1F)C(=O)c1ccccc1-c1ccccc1C#N. The molecule has 0 bridgehead atoms.